The Labute approximate surface area is 134 Å². The molecule has 23 heavy (non-hydrogen) atoms. The van der Waals surface area contributed by atoms with Crippen molar-refractivity contribution in [1.82, 2.24) is 4.90 Å². The molecule has 0 aliphatic carbocycles. The van der Waals surface area contributed by atoms with Crippen molar-refractivity contribution in [1.29, 1.82) is 0 Å². The van der Waals surface area contributed by atoms with E-state index in [4.69, 9.17) is 4.74 Å². The van der Waals surface area contributed by atoms with Crippen LogP contribution in [-0.2, 0) is 11.2 Å². The topological polar surface area (TPSA) is 49.8 Å². The Kier molecular flexibility index (Phi) is 4.57. The zero-order valence-electron chi connectivity index (χ0n) is 12.6. The number of aliphatic carboxylic acids is 1. The molecule has 0 saturated carbocycles. The minimum absolute atomic E-state index is 0.258. The van der Waals surface area contributed by atoms with Crippen LogP contribution >= 0.6 is 0 Å². The highest BCUT2D eigenvalue weighted by atomic mass is 19.1. The van der Waals surface area contributed by atoms with Crippen LogP contribution in [0.25, 0.3) is 0 Å². The number of hydrogen-bond acceptors (Lipinski definition) is 3. The van der Waals surface area contributed by atoms with Gasteiger partial charge in [-0.25, -0.2) is 4.39 Å². The summed E-state index contributed by atoms with van der Waals surface area (Å²) in [5, 5.41) is 9.66. The number of nitrogens with zero attached hydrogens (tertiary/aromatic N) is 1. The molecule has 1 aliphatic rings. The molecule has 2 aromatic rings. The first-order valence-electron chi connectivity index (χ1n) is 7.59. The smallest absolute Gasteiger partial charge is 0.325 e. The Balaban J connectivity index is 1.83. The lowest BCUT2D eigenvalue weighted by atomic mass is 10.0. The zero-order valence-corrected chi connectivity index (χ0v) is 12.6. The van der Waals surface area contributed by atoms with E-state index < -0.39 is 12.0 Å². The Morgan fingerprint density at radius 2 is 1.96 bits per heavy atom. The number of carboxylic acid groups (broad SMARTS) is 1. The molecule has 0 saturated heterocycles. The highest BCUT2D eigenvalue weighted by Crippen LogP contribution is 2.32. The highest BCUT2D eigenvalue weighted by molar-refractivity contribution is 5.77. The Morgan fingerprint density at radius 1 is 1.22 bits per heavy atom. The van der Waals surface area contributed by atoms with Crippen LogP contribution in [0.3, 0.4) is 0 Å². The summed E-state index contributed by atoms with van der Waals surface area (Å²) in [4.78, 5) is 13.6. The van der Waals surface area contributed by atoms with Crippen LogP contribution in [0.2, 0.25) is 0 Å². The van der Waals surface area contributed by atoms with Gasteiger partial charge in [0.15, 0.2) is 0 Å². The van der Waals surface area contributed by atoms with E-state index in [1.54, 1.807) is 36.4 Å². The fourth-order valence-electron chi connectivity index (χ4n) is 2.93. The van der Waals surface area contributed by atoms with Gasteiger partial charge in [-0.15, -0.1) is 0 Å². The van der Waals surface area contributed by atoms with Crippen LogP contribution in [0, 0.1) is 5.82 Å². The second-order valence-electron chi connectivity index (χ2n) is 5.50. The number of rotatable bonds is 4. The van der Waals surface area contributed by atoms with E-state index in [2.05, 4.69) is 0 Å². The van der Waals surface area contributed by atoms with Gasteiger partial charge in [-0.1, -0.05) is 36.4 Å². The van der Waals surface area contributed by atoms with E-state index in [9.17, 15) is 14.3 Å². The lowest BCUT2D eigenvalue weighted by molar-refractivity contribution is -0.143. The molecule has 120 valence electrons. The average molecular weight is 315 g/mol. The Morgan fingerprint density at radius 3 is 2.74 bits per heavy atom. The molecule has 1 aliphatic heterocycles. The number of benzene rings is 2. The van der Waals surface area contributed by atoms with E-state index in [1.165, 1.54) is 6.07 Å². The van der Waals surface area contributed by atoms with Crippen molar-refractivity contribution in [2.75, 3.05) is 19.7 Å². The largest absolute Gasteiger partial charge is 0.492 e. The number of hydrogen-bond donors (Lipinski definition) is 1. The van der Waals surface area contributed by atoms with Gasteiger partial charge in [-0.3, -0.25) is 9.69 Å². The second-order valence-corrected chi connectivity index (χ2v) is 5.50. The number of ether oxygens (including phenoxy) is 1. The maximum atomic E-state index is 13.8. The van der Waals surface area contributed by atoms with Gasteiger partial charge in [0, 0.05) is 18.7 Å². The van der Waals surface area contributed by atoms with E-state index in [0.29, 0.717) is 43.0 Å². The number of carbonyl (C=O) groups is 1. The van der Waals surface area contributed by atoms with Crippen LogP contribution in [0.5, 0.6) is 5.75 Å². The van der Waals surface area contributed by atoms with Crippen LogP contribution in [0.4, 0.5) is 4.39 Å². The third-order valence-electron chi connectivity index (χ3n) is 4.07. The van der Waals surface area contributed by atoms with Crippen molar-refractivity contribution < 1.29 is 19.0 Å². The van der Waals surface area contributed by atoms with Crippen molar-refractivity contribution in [2.24, 2.45) is 0 Å². The third kappa shape index (κ3) is 3.35. The maximum Gasteiger partial charge on any atom is 0.325 e. The summed E-state index contributed by atoms with van der Waals surface area (Å²) in [6.45, 7) is 1.35. The minimum Gasteiger partial charge on any atom is -0.492 e. The average Bonchev–Trinajstić information content (AvgIpc) is 2.73. The normalized spacial score (nSPS) is 17.9. The number of carboxylic acids is 1. The summed E-state index contributed by atoms with van der Waals surface area (Å²) in [6, 6.07) is 13.0. The van der Waals surface area contributed by atoms with Crippen molar-refractivity contribution in [3.63, 3.8) is 0 Å². The molecule has 0 radical (unpaired) electrons. The van der Waals surface area contributed by atoms with Gasteiger partial charge in [0.2, 0.25) is 0 Å². The van der Waals surface area contributed by atoms with Crippen LogP contribution in [0.15, 0.2) is 48.5 Å². The SMILES string of the molecule is O=C(O)C1c2ccccc2OCCN1CCc1ccccc1F. The van der Waals surface area contributed by atoms with E-state index in [-0.39, 0.29) is 5.82 Å². The summed E-state index contributed by atoms with van der Waals surface area (Å²) < 4.78 is 19.4. The first-order valence-corrected chi connectivity index (χ1v) is 7.59. The molecular weight excluding hydrogens is 297 g/mol. The summed E-state index contributed by atoms with van der Waals surface area (Å²) in [5.74, 6) is -0.573. The van der Waals surface area contributed by atoms with Gasteiger partial charge in [-0.2, -0.15) is 0 Å². The summed E-state index contributed by atoms with van der Waals surface area (Å²) in [6.07, 6.45) is 0.457. The molecular formula is C18H18FNO3. The molecule has 1 atom stereocenters. The molecule has 0 spiro atoms. The summed E-state index contributed by atoms with van der Waals surface area (Å²) >= 11 is 0. The summed E-state index contributed by atoms with van der Waals surface area (Å²) in [7, 11) is 0. The van der Waals surface area contributed by atoms with Crippen molar-refractivity contribution in [3.8, 4) is 5.75 Å². The molecule has 1 unspecified atom stereocenters. The molecule has 5 heteroatoms. The van der Waals surface area contributed by atoms with Crippen molar-refractivity contribution >= 4 is 5.97 Å². The molecule has 2 aromatic carbocycles. The van der Waals surface area contributed by atoms with Crippen molar-refractivity contribution in [3.05, 3.63) is 65.5 Å². The van der Waals surface area contributed by atoms with Gasteiger partial charge in [0.1, 0.15) is 24.2 Å². The van der Waals surface area contributed by atoms with Gasteiger partial charge < -0.3 is 9.84 Å². The van der Waals surface area contributed by atoms with Gasteiger partial charge >= 0.3 is 5.97 Å². The number of fused-ring (bicyclic) bond motifs is 1. The molecule has 1 heterocycles. The molecule has 0 fully saturated rings. The highest BCUT2D eigenvalue weighted by Gasteiger charge is 2.31. The van der Waals surface area contributed by atoms with Crippen molar-refractivity contribution in [2.45, 2.75) is 12.5 Å². The standard InChI is InChI=1S/C18H18FNO3/c19-15-7-3-1-5-13(15)9-10-20-11-12-23-16-8-4-2-6-14(16)17(20)18(21)22/h1-8,17H,9-12H2,(H,21,22). The fourth-order valence-corrected chi connectivity index (χ4v) is 2.93. The maximum absolute atomic E-state index is 13.8. The predicted octanol–water partition coefficient (Wildman–Crippen LogP) is 2.89. The molecule has 0 aromatic heterocycles. The van der Waals surface area contributed by atoms with Crippen LogP contribution < -0.4 is 4.74 Å². The predicted molar refractivity (Wildman–Crippen MR) is 84.0 cm³/mol. The van der Waals surface area contributed by atoms with E-state index in [1.807, 2.05) is 11.0 Å². The number of para-hydroxylation sites is 1. The molecule has 4 nitrogen and oxygen atoms in total. The number of halogens is 1. The monoisotopic (exact) mass is 315 g/mol. The molecule has 3 rings (SSSR count). The second kappa shape index (κ2) is 6.79. The molecule has 0 amide bonds. The summed E-state index contributed by atoms with van der Waals surface area (Å²) in [5.41, 5.74) is 1.24. The third-order valence-corrected chi connectivity index (χ3v) is 4.07. The lowest BCUT2D eigenvalue weighted by Gasteiger charge is -2.26. The fraction of sp³-hybridized carbons (Fsp3) is 0.278. The van der Waals surface area contributed by atoms with Gasteiger partial charge in [0.05, 0.1) is 0 Å². The van der Waals surface area contributed by atoms with E-state index in [0.717, 1.165) is 0 Å². The molecule has 1 N–H and O–H groups in total. The minimum atomic E-state index is -0.920. The molecule has 0 bridgehead atoms. The zero-order chi connectivity index (χ0) is 16.2. The Bertz CT molecular complexity index is 704. The van der Waals surface area contributed by atoms with Crippen LogP contribution in [0.1, 0.15) is 17.2 Å². The van der Waals surface area contributed by atoms with Gasteiger partial charge in [-0.05, 0) is 24.1 Å². The lowest BCUT2D eigenvalue weighted by Crippen LogP contribution is -2.36. The Hall–Kier alpha value is -2.40. The van der Waals surface area contributed by atoms with Crippen LogP contribution in [-0.4, -0.2) is 35.7 Å². The van der Waals surface area contributed by atoms with E-state index >= 15 is 0 Å². The first-order chi connectivity index (χ1) is 11.2. The quantitative estimate of drug-likeness (QED) is 0.942. The first kappa shape index (κ1) is 15.5. The van der Waals surface area contributed by atoms with Gasteiger partial charge in [0.25, 0.3) is 0 Å².